The predicted molar refractivity (Wildman–Crippen MR) is 83.7 cm³/mol. The molecule has 2 aliphatic rings. The lowest BCUT2D eigenvalue weighted by Gasteiger charge is -2.31. The summed E-state index contributed by atoms with van der Waals surface area (Å²) < 4.78 is 11.6. The number of nitrogens with one attached hydrogen (secondary N) is 1. The Kier molecular flexibility index (Phi) is 4.86. The van der Waals surface area contributed by atoms with Crippen LogP contribution in [0.1, 0.15) is 30.5 Å². The maximum absolute atomic E-state index is 6.00. The van der Waals surface area contributed by atoms with Crippen LogP contribution in [0.4, 0.5) is 0 Å². The summed E-state index contributed by atoms with van der Waals surface area (Å²) in [7, 11) is 0. The maximum Gasteiger partial charge on any atom is 0.122 e. The first-order valence-corrected chi connectivity index (χ1v) is 8.72. The van der Waals surface area contributed by atoms with Crippen LogP contribution >= 0.6 is 11.8 Å². The highest BCUT2D eigenvalue weighted by Gasteiger charge is 2.27. The van der Waals surface area contributed by atoms with Crippen molar-refractivity contribution in [1.29, 1.82) is 0 Å². The van der Waals surface area contributed by atoms with Gasteiger partial charge in [-0.25, -0.2) is 0 Å². The molecule has 1 saturated heterocycles. The summed E-state index contributed by atoms with van der Waals surface area (Å²) in [6.07, 6.45) is 2.45. The van der Waals surface area contributed by atoms with E-state index in [9.17, 15) is 0 Å². The molecule has 0 bridgehead atoms. The topological polar surface area (TPSA) is 30.5 Å². The zero-order valence-corrected chi connectivity index (χ0v) is 12.9. The van der Waals surface area contributed by atoms with E-state index in [-0.39, 0.29) is 6.10 Å². The van der Waals surface area contributed by atoms with Crippen LogP contribution in [0.15, 0.2) is 18.2 Å². The highest BCUT2D eigenvalue weighted by Crippen LogP contribution is 2.31. The van der Waals surface area contributed by atoms with Gasteiger partial charge in [0.1, 0.15) is 5.75 Å². The molecule has 2 heterocycles. The van der Waals surface area contributed by atoms with Crippen LogP contribution in [0, 0.1) is 0 Å². The van der Waals surface area contributed by atoms with Gasteiger partial charge in [-0.3, -0.25) is 0 Å². The van der Waals surface area contributed by atoms with Gasteiger partial charge in [-0.05, 0) is 30.2 Å². The molecule has 1 fully saturated rings. The molecular weight excluding hydrogens is 270 g/mol. The number of ether oxygens (including phenoxy) is 2. The van der Waals surface area contributed by atoms with Crippen LogP contribution in [0.25, 0.3) is 0 Å². The van der Waals surface area contributed by atoms with Gasteiger partial charge < -0.3 is 14.8 Å². The number of fused-ring (bicyclic) bond motifs is 1. The second-order valence-electron chi connectivity index (χ2n) is 5.38. The minimum Gasteiger partial charge on any atom is -0.493 e. The number of thioether (sulfide) groups is 1. The number of benzene rings is 1. The lowest BCUT2D eigenvalue weighted by atomic mass is 9.98. The lowest BCUT2D eigenvalue weighted by molar-refractivity contribution is 0.0468. The Morgan fingerprint density at radius 1 is 1.40 bits per heavy atom. The lowest BCUT2D eigenvalue weighted by Crippen LogP contribution is -2.38. The van der Waals surface area contributed by atoms with E-state index in [0.29, 0.717) is 6.04 Å². The third-order valence-corrected chi connectivity index (χ3v) is 4.92. The third kappa shape index (κ3) is 3.13. The molecule has 110 valence electrons. The zero-order chi connectivity index (χ0) is 13.8. The molecule has 2 aliphatic heterocycles. The van der Waals surface area contributed by atoms with Crippen molar-refractivity contribution >= 4 is 11.8 Å². The van der Waals surface area contributed by atoms with Crippen molar-refractivity contribution in [2.24, 2.45) is 0 Å². The molecule has 2 unspecified atom stereocenters. The molecule has 1 N–H and O–H groups in total. The van der Waals surface area contributed by atoms with Crippen LogP contribution in [0.2, 0.25) is 0 Å². The molecule has 1 aromatic carbocycles. The number of hydrogen-bond donors (Lipinski definition) is 1. The Morgan fingerprint density at radius 3 is 3.15 bits per heavy atom. The maximum atomic E-state index is 6.00. The van der Waals surface area contributed by atoms with Gasteiger partial charge in [-0.2, -0.15) is 11.8 Å². The minimum absolute atomic E-state index is 0.278. The van der Waals surface area contributed by atoms with Crippen LogP contribution in [0.5, 0.6) is 5.75 Å². The van der Waals surface area contributed by atoms with Gasteiger partial charge in [0.2, 0.25) is 0 Å². The van der Waals surface area contributed by atoms with Crippen molar-refractivity contribution in [3.63, 3.8) is 0 Å². The molecule has 4 heteroatoms. The van der Waals surface area contributed by atoms with E-state index in [2.05, 4.69) is 30.4 Å². The molecular formula is C16H23NO2S. The fraction of sp³-hybridized carbons (Fsp3) is 0.625. The van der Waals surface area contributed by atoms with Crippen molar-refractivity contribution in [2.75, 3.05) is 31.3 Å². The summed E-state index contributed by atoms with van der Waals surface area (Å²) in [5.74, 6) is 3.26. The fourth-order valence-corrected chi connectivity index (χ4v) is 3.76. The molecule has 0 radical (unpaired) electrons. The highest BCUT2D eigenvalue weighted by molar-refractivity contribution is 7.99. The Labute approximate surface area is 125 Å². The van der Waals surface area contributed by atoms with E-state index < -0.39 is 0 Å². The first-order valence-electron chi connectivity index (χ1n) is 7.57. The molecule has 2 atom stereocenters. The highest BCUT2D eigenvalue weighted by atomic mass is 32.2. The molecule has 0 spiro atoms. The second kappa shape index (κ2) is 6.83. The van der Waals surface area contributed by atoms with Crippen molar-refractivity contribution in [1.82, 2.24) is 5.32 Å². The Hall–Kier alpha value is -0.710. The summed E-state index contributed by atoms with van der Waals surface area (Å²) in [5.41, 5.74) is 2.68. The number of rotatable bonds is 5. The average molecular weight is 293 g/mol. The fourth-order valence-electron chi connectivity index (χ4n) is 2.86. The third-order valence-electron chi connectivity index (χ3n) is 3.90. The summed E-state index contributed by atoms with van der Waals surface area (Å²) in [6, 6.07) is 6.92. The van der Waals surface area contributed by atoms with Gasteiger partial charge in [0, 0.05) is 17.9 Å². The van der Waals surface area contributed by atoms with Crippen LogP contribution < -0.4 is 10.1 Å². The van der Waals surface area contributed by atoms with E-state index in [1.54, 1.807) is 0 Å². The predicted octanol–water partition coefficient (Wildman–Crippen LogP) is 2.79. The van der Waals surface area contributed by atoms with Crippen LogP contribution in [0.3, 0.4) is 0 Å². The van der Waals surface area contributed by atoms with E-state index in [4.69, 9.17) is 9.47 Å². The molecule has 0 amide bonds. The average Bonchev–Trinajstić information content (AvgIpc) is 2.96. The molecule has 20 heavy (non-hydrogen) atoms. The van der Waals surface area contributed by atoms with Gasteiger partial charge in [0.25, 0.3) is 0 Å². The first-order chi connectivity index (χ1) is 9.88. The van der Waals surface area contributed by atoms with Gasteiger partial charge in [-0.15, -0.1) is 0 Å². The first kappa shape index (κ1) is 14.2. The summed E-state index contributed by atoms with van der Waals surface area (Å²) in [6.45, 7) is 4.93. The largest absolute Gasteiger partial charge is 0.493 e. The SMILES string of the molecule is CCCNC(c1ccc2c(c1)CCO2)C1CSCCO1. The normalized spacial score (nSPS) is 23.1. The van der Waals surface area contributed by atoms with Gasteiger partial charge in [0.15, 0.2) is 0 Å². The van der Waals surface area contributed by atoms with Gasteiger partial charge in [-0.1, -0.05) is 19.1 Å². The second-order valence-corrected chi connectivity index (χ2v) is 6.53. The molecule has 0 aromatic heterocycles. The van der Waals surface area contributed by atoms with Crippen LogP contribution in [-0.2, 0) is 11.2 Å². The van der Waals surface area contributed by atoms with Crippen molar-refractivity contribution in [3.8, 4) is 5.75 Å². The summed E-state index contributed by atoms with van der Waals surface area (Å²) in [4.78, 5) is 0. The smallest absolute Gasteiger partial charge is 0.122 e. The molecule has 0 saturated carbocycles. The van der Waals surface area contributed by atoms with Crippen molar-refractivity contribution < 1.29 is 9.47 Å². The molecule has 3 nitrogen and oxygen atoms in total. The summed E-state index contributed by atoms with van der Waals surface area (Å²) >= 11 is 2.00. The van der Waals surface area contributed by atoms with Gasteiger partial charge >= 0.3 is 0 Å². The Bertz CT molecular complexity index is 446. The molecule has 3 rings (SSSR count). The zero-order valence-electron chi connectivity index (χ0n) is 12.1. The standard InChI is InChI=1S/C16H23NO2S/c1-2-6-17-16(15-11-20-9-8-19-15)13-3-4-14-12(10-13)5-7-18-14/h3-4,10,15-17H,2,5-9,11H2,1H3. The van der Waals surface area contributed by atoms with Crippen molar-refractivity contribution in [2.45, 2.75) is 31.9 Å². The van der Waals surface area contributed by atoms with E-state index >= 15 is 0 Å². The number of hydrogen-bond acceptors (Lipinski definition) is 4. The minimum atomic E-state index is 0.278. The Balaban J connectivity index is 1.80. The quantitative estimate of drug-likeness (QED) is 0.904. The Morgan fingerprint density at radius 2 is 2.35 bits per heavy atom. The van der Waals surface area contributed by atoms with E-state index in [1.165, 1.54) is 11.1 Å². The van der Waals surface area contributed by atoms with E-state index in [0.717, 1.165) is 49.9 Å². The van der Waals surface area contributed by atoms with E-state index in [1.807, 2.05) is 11.8 Å². The van der Waals surface area contributed by atoms with Gasteiger partial charge in [0.05, 0.1) is 25.4 Å². The van der Waals surface area contributed by atoms with Crippen LogP contribution in [-0.4, -0.2) is 37.4 Å². The van der Waals surface area contributed by atoms with Crippen molar-refractivity contribution in [3.05, 3.63) is 29.3 Å². The summed E-state index contributed by atoms with van der Waals surface area (Å²) in [5, 5.41) is 3.67. The monoisotopic (exact) mass is 293 g/mol. The molecule has 1 aromatic rings. The molecule has 0 aliphatic carbocycles.